The lowest BCUT2D eigenvalue weighted by Gasteiger charge is -2.35. The molecule has 0 amide bonds. The maximum atomic E-state index is 11.2. The molecule has 1 unspecified atom stereocenters. The van der Waals surface area contributed by atoms with Crippen molar-refractivity contribution < 1.29 is 9.53 Å². The Kier molecular flexibility index (Phi) is 7.21. The summed E-state index contributed by atoms with van der Waals surface area (Å²) in [4.78, 5) is 13.6. The third-order valence-corrected chi connectivity index (χ3v) is 3.39. The van der Waals surface area contributed by atoms with Gasteiger partial charge in [-0.1, -0.05) is 13.3 Å². The first kappa shape index (κ1) is 14.5. The van der Waals surface area contributed by atoms with Crippen molar-refractivity contribution in [3.63, 3.8) is 0 Å². The predicted octanol–water partition coefficient (Wildman–Crippen LogP) is 1.40. The van der Waals surface area contributed by atoms with Crippen LogP contribution >= 0.6 is 0 Å². The van der Waals surface area contributed by atoms with Crippen molar-refractivity contribution >= 4 is 5.97 Å². The van der Waals surface area contributed by atoms with E-state index in [0.717, 1.165) is 26.2 Å². The van der Waals surface area contributed by atoms with Gasteiger partial charge in [-0.3, -0.25) is 9.69 Å². The third kappa shape index (κ3) is 5.50. The molecule has 1 aliphatic rings. The molecule has 1 heterocycles. The van der Waals surface area contributed by atoms with Crippen LogP contribution in [0, 0.1) is 0 Å². The SMILES string of the molecule is CCCNCC1CCCCN1CCC(=O)OC. The zero-order chi connectivity index (χ0) is 12.5. The molecule has 1 rings (SSSR count). The molecule has 17 heavy (non-hydrogen) atoms. The quantitative estimate of drug-likeness (QED) is 0.541. The van der Waals surface area contributed by atoms with Gasteiger partial charge in [0.2, 0.25) is 0 Å². The molecule has 0 spiro atoms. The lowest BCUT2D eigenvalue weighted by atomic mass is 10.0. The largest absolute Gasteiger partial charge is 0.469 e. The summed E-state index contributed by atoms with van der Waals surface area (Å²) in [6.07, 6.45) is 5.51. The molecule has 0 bridgehead atoms. The normalized spacial score (nSPS) is 21.4. The molecule has 0 saturated carbocycles. The van der Waals surface area contributed by atoms with Crippen LogP contribution in [0.4, 0.5) is 0 Å². The molecule has 4 heteroatoms. The summed E-state index contributed by atoms with van der Waals surface area (Å²) < 4.78 is 4.69. The number of nitrogens with zero attached hydrogens (tertiary/aromatic N) is 1. The summed E-state index contributed by atoms with van der Waals surface area (Å²) in [6.45, 7) is 6.28. The molecule has 1 saturated heterocycles. The lowest BCUT2D eigenvalue weighted by Crippen LogP contribution is -2.46. The molecule has 1 fully saturated rings. The summed E-state index contributed by atoms with van der Waals surface area (Å²) >= 11 is 0. The van der Waals surface area contributed by atoms with Gasteiger partial charge in [-0.2, -0.15) is 0 Å². The van der Waals surface area contributed by atoms with Crippen LogP contribution in [0.15, 0.2) is 0 Å². The molecule has 1 atom stereocenters. The van der Waals surface area contributed by atoms with Crippen LogP contribution < -0.4 is 5.32 Å². The second-order valence-corrected chi connectivity index (χ2v) is 4.72. The Hall–Kier alpha value is -0.610. The highest BCUT2D eigenvalue weighted by Crippen LogP contribution is 2.16. The van der Waals surface area contributed by atoms with E-state index in [0.29, 0.717) is 12.5 Å². The minimum absolute atomic E-state index is 0.101. The fourth-order valence-electron chi connectivity index (χ4n) is 2.37. The Morgan fingerprint density at radius 1 is 1.47 bits per heavy atom. The Morgan fingerprint density at radius 2 is 2.29 bits per heavy atom. The summed E-state index contributed by atoms with van der Waals surface area (Å²) in [5, 5.41) is 3.48. The summed E-state index contributed by atoms with van der Waals surface area (Å²) in [5.74, 6) is -0.101. The standard InChI is InChI=1S/C13H26N2O2/c1-3-8-14-11-12-6-4-5-9-15(12)10-7-13(16)17-2/h12,14H,3-11H2,1-2H3. The third-order valence-electron chi connectivity index (χ3n) is 3.39. The van der Waals surface area contributed by atoms with E-state index in [4.69, 9.17) is 4.74 Å². The van der Waals surface area contributed by atoms with E-state index < -0.39 is 0 Å². The van der Waals surface area contributed by atoms with Crippen LogP contribution in [0.3, 0.4) is 0 Å². The Bertz CT molecular complexity index is 221. The van der Waals surface area contributed by atoms with E-state index in [9.17, 15) is 4.79 Å². The van der Waals surface area contributed by atoms with Crippen LogP contribution in [-0.4, -0.2) is 50.2 Å². The Morgan fingerprint density at radius 3 is 3.00 bits per heavy atom. The molecule has 0 aromatic rings. The second-order valence-electron chi connectivity index (χ2n) is 4.72. The number of carbonyl (C=O) groups excluding carboxylic acids is 1. The summed E-state index contributed by atoms with van der Waals surface area (Å²) in [6, 6.07) is 0.597. The first-order valence-corrected chi connectivity index (χ1v) is 6.79. The average molecular weight is 242 g/mol. The van der Waals surface area contributed by atoms with Crippen molar-refractivity contribution in [3.05, 3.63) is 0 Å². The lowest BCUT2D eigenvalue weighted by molar-refractivity contribution is -0.141. The number of carbonyl (C=O) groups is 1. The van der Waals surface area contributed by atoms with Crippen LogP contribution in [0.2, 0.25) is 0 Å². The van der Waals surface area contributed by atoms with E-state index in [1.165, 1.54) is 32.8 Å². The van der Waals surface area contributed by atoms with Gasteiger partial charge < -0.3 is 10.1 Å². The fourth-order valence-corrected chi connectivity index (χ4v) is 2.37. The fraction of sp³-hybridized carbons (Fsp3) is 0.923. The van der Waals surface area contributed by atoms with Gasteiger partial charge in [-0.05, 0) is 32.4 Å². The number of nitrogens with one attached hydrogen (secondary N) is 1. The van der Waals surface area contributed by atoms with E-state index in [2.05, 4.69) is 17.1 Å². The molecule has 100 valence electrons. The zero-order valence-corrected chi connectivity index (χ0v) is 11.2. The first-order chi connectivity index (χ1) is 8.27. The van der Waals surface area contributed by atoms with Gasteiger partial charge in [0.25, 0.3) is 0 Å². The van der Waals surface area contributed by atoms with Crippen molar-refractivity contribution in [2.45, 2.75) is 45.1 Å². The number of esters is 1. The van der Waals surface area contributed by atoms with Crippen molar-refractivity contribution in [2.24, 2.45) is 0 Å². The highest BCUT2D eigenvalue weighted by Gasteiger charge is 2.22. The number of ether oxygens (including phenoxy) is 1. The van der Waals surface area contributed by atoms with E-state index in [1.807, 2.05) is 0 Å². The van der Waals surface area contributed by atoms with E-state index in [1.54, 1.807) is 0 Å². The van der Waals surface area contributed by atoms with E-state index >= 15 is 0 Å². The number of likely N-dealkylation sites (tertiary alicyclic amines) is 1. The summed E-state index contributed by atoms with van der Waals surface area (Å²) in [7, 11) is 1.46. The topological polar surface area (TPSA) is 41.6 Å². The summed E-state index contributed by atoms with van der Waals surface area (Å²) in [5.41, 5.74) is 0. The smallest absolute Gasteiger partial charge is 0.306 e. The molecule has 0 aromatic heterocycles. The van der Waals surface area contributed by atoms with Gasteiger partial charge in [-0.25, -0.2) is 0 Å². The highest BCUT2D eigenvalue weighted by atomic mass is 16.5. The van der Waals surface area contributed by atoms with Crippen molar-refractivity contribution in [3.8, 4) is 0 Å². The van der Waals surface area contributed by atoms with Crippen molar-refractivity contribution in [1.82, 2.24) is 10.2 Å². The van der Waals surface area contributed by atoms with Crippen LogP contribution in [0.1, 0.15) is 39.0 Å². The van der Waals surface area contributed by atoms with Gasteiger partial charge in [0.15, 0.2) is 0 Å². The minimum Gasteiger partial charge on any atom is -0.469 e. The van der Waals surface area contributed by atoms with Crippen LogP contribution in [0.5, 0.6) is 0 Å². The van der Waals surface area contributed by atoms with Gasteiger partial charge in [0.05, 0.1) is 13.5 Å². The first-order valence-electron chi connectivity index (χ1n) is 6.79. The molecule has 0 aliphatic carbocycles. The average Bonchev–Trinajstić information content (AvgIpc) is 2.37. The number of hydrogen-bond donors (Lipinski definition) is 1. The van der Waals surface area contributed by atoms with Gasteiger partial charge in [0.1, 0.15) is 0 Å². The highest BCUT2D eigenvalue weighted by molar-refractivity contribution is 5.69. The van der Waals surface area contributed by atoms with Gasteiger partial charge in [0, 0.05) is 19.1 Å². The number of hydrogen-bond acceptors (Lipinski definition) is 4. The van der Waals surface area contributed by atoms with Crippen LogP contribution in [-0.2, 0) is 9.53 Å². The molecule has 1 aliphatic heterocycles. The van der Waals surface area contributed by atoms with Crippen LogP contribution in [0.25, 0.3) is 0 Å². The Labute approximate surface area is 105 Å². The maximum Gasteiger partial charge on any atom is 0.306 e. The maximum absolute atomic E-state index is 11.2. The van der Waals surface area contributed by atoms with Crippen molar-refractivity contribution in [2.75, 3.05) is 33.3 Å². The second kappa shape index (κ2) is 8.48. The number of rotatable bonds is 7. The number of methoxy groups -OCH3 is 1. The molecular formula is C13H26N2O2. The zero-order valence-electron chi connectivity index (χ0n) is 11.2. The monoisotopic (exact) mass is 242 g/mol. The van der Waals surface area contributed by atoms with Gasteiger partial charge >= 0.3 is 5.97 Å². The molecule has 0 aromatic carbocycles. The van der Waals surface area contributed by atoms with E-state index in [-0.39, 0.29) is 5.97 Å². The molecule has 0 radical (unpaired) electrons. The molecule has 4 nitrogen and oxygen atoms in total. The van der Waals surface area contributed by atoms with Crippen molar-refractivity contribution in [1.29, 1.82) is 0 Å². The molecule has 1 N–H and O–H groups in total. The minimum atomic E-state index is -0.101. The number of piperidine rings is 1. The van der Waals surface area contributed by atoms with Gasteiger partial charge in [-0.15, -0.1) is 0 Å². The Balaban J connectivity index is 2.29. The predicted molar refractivity (Wildman–Crippen MR) is 69.0 cm³/mol. The molecular weight excluding hydrogens is 216 g/mol.